The van der Waals surface area contributed by atoms with E-state index in [1.54, 1.807) is 17.8 Å². The average molecular weight is 226 g/mol. The monoisotopic (exact) mass is 226 g/mol. The van der Waals surface area contributed by atoms with Gasteiger partial charge in [0, 0.05) is 11.8 Å². The molecule has 0 saturated carbocycles. The second kappa shape index (κ2) is 5.80. The zero-order valence-corrected chi connectivity index (χ0v) is 10.0. The molecule has 0 aromatic carbocycles. The summed E-state index contributed by atoms with van der Waals surface area (Å²) in [6, 6.07) is 1.57. The molecule has 4 nitrogen and oxygen atoms in total. The van der Waals surface area contributed by atoms with Crippen molar-refractivity contribution >= 4 is 23.4 Å². The molecule has 4 N–H and O–H groups in total. The van der Waals surface area contributed by atoms with Crippen LogP contribution in [0.3, 0.4) is 0 Å². The van der Waals surface area contributed by atoms with Crippen molar-refractivity contribution in [3.63, 3.8) is 0 Å². The predicted octanol–water partition coefficient (Wildman–Crippen LogP) is 2.17. The van der Waals surface area contributed by atoms with Crippen molar-refractivity contribution in [2.75, 3.05) is 17.2 Å². The largest absolute Gasteiger partial charge is 0.383 e. The Morgan fingerprint density at radius 2 is 1.93 bits per heavy atom. The molecule has 1 heterocycles. The first-order chi connectivity index (χ1) is 7.11. The zero-order valence-electron chi connectivity index (χ0n) is 9.23. The van der Waals surface area contributed by atoms with E-state index in [-0.39, 0.29) is 0 Å². The number of nitrogens with two attached hydrogens (primary N) is 2. The number of aromatic nitrogens is 2. The number of hydrogen-bond acceptors (Lipinski definition) is 5. The van der Waals surface area contributed by atoms with Gasteiger partial charge in [0.1, 0.15) is 11.6 Å². The Balaban J connectivity index is 2.50. The summed E-state index contributed by atoms with van der Waals surface area (Å²) in [4.78, 5) is 8.23. The van der Waals surface area contributed by atoms with E-state index in [1.165, 1.54) is 12.8 Å². The number of thioether (sulfide) groups is 1. The third-order valence-electron chi connectivity index (χ3n) is 2.02. The van der Waals surface area contributed by atoms with Gasteiger partial charge in [-0.25, -0.2) is 9.97 Å². The van der Waals surface area contributed by atoms with E-state index in [9.17, 15) is 0 Å². The van der Waals surface area contributed by atoms with Crippen molar-refractivity contribution in [3.8, 4) is 0 Å². The van der Waals surface area contributed by atoms with Crippen molar-refractivity contribution in [3.05, 3.63) is 6.07 Å². The summed E-state index contributed by atoms with van der Waals surface area (Å²) in [5.41, 5.74) is 11.2. The fourth-order valence-electron chi connectivity index (χ4n) is 1.32. The second-order valence-corrected chi connectivity index (χ2v) is 4.69. The lowest BCUT2D eigenvalue weighted by Gasteiger charge is -2.08. The average Bonchev–Trinajstić information content (AvgIpc) is 2.14. The van der Waals surface area contributed by atoms with E-state index >= 15 is 0 Å². The molecule has 0 spiro atoms. The molecule has 0 radical (unpaired) electrons. The van der Waals surface area contributed by atoms with Gasteiger partial charge in [0.15, 0.2) is 5.16 Å². The second-order valence-electron chi connectivity index (χ2n) is 3.71. The van der Waals surface area contributed by atoms with Gasteiger partial charge < -0.3 is 11.5 Å². The molecule has 5 heteroatoms. The SMILES string of the molecule is CCCC(C)CSc1nc(N)cc(N)n1. The standard InChI is InChI=1S/C10H18N4S/c1-3-4-7(2)6-15-10-13-8(11)5-9(12)14-10/h5,7H,3-4,6H2,1-2H3,(H4,11,12,13,14). The van der Waals surface area contributed by atoms with Crippen LogP contribution in [-0.2, 0) is 0 Å². The first-order valence-electron chi connectivity index (χ1n) is 5.14. The molecule has 0 saturated heterocycles. The van der Waals surface area contributed by atoms with Gasteiger partial charge in [-0.2, -0.15) is 0 Å². The van der Waals surface area contributed by atoms with Crippen molar-refractivity contribution in [1.29, 1.82) is 0 Å². The summed E-state index contributed by atoms with van der Waals surface area (Å²) < 4.78 is 0. The maximum atomic E-state index is 5.58. The molecule has 0 aliphatic rings. The topological polar surface area (TPSA) is 77.8 Å². The highest BCUT2D eigenvalue weighted by atomic mass is 32.2. The Hall–Kier alpha value is -0.970. The normalized spacial score (nSPS) is 12.7. The number of anilines is 2. The smallest absolute Gasteiger partial charge is 0.191 e. The van der Waals surface area contributed by atoms with E-state index in [1.807, 2.05) is 0 Å². The van der Waals surface area contributed by atoms with E-state index in [0.29, 0.717) is 22.7 Å². The minimum atomic E-state index is 0.438. The zero-order chi connectivity index (χ0) is 11.3. The maximum absolute atomic E-state index is 5.58. The molecular weight excluding hydrogens is 208 g/mol. The lowest BCUT2D eigenvalue weighted by atomic mass is 10.1. The van der Waals surface area contributed by atoms with Crippen LogP contribution in [0.4, 0.5) is 11.6 Å². The molecule has 0 aliphatic heterocycles. The molecule has 1 aromatic heterocycles. The molecule has 15 heavy (non-hydrogen) atoms. The first kappa shape index (κ1) is 12.1. The van der Waals surface area contributed by atoms with Crippen LogP contribution in [0.25, 0.3) is 0 Å². The summed E-state index contributed by atoms with van der Waals surface area (Å²) in [6.45, 7) is 4.42. The molecule has 84 valence electrons. The van der Waals surface area contributed by atoms with Crippen LogP contribution in [0.2, 0.25) is 0 Å². The maximum Gasteiger partial charge on any atom is 0.191 e. The van der Waals surface area contributed by atoms with Gasteiger partial charge >= 0.3 is 0 Å². The van der Waals surface area contributed by atoms with E-state index in [0.717, 1.165) is 5.75 Å². The van der Waals surface area contributed by atoms with Gasteiger partial charge in [0.2, 0.25) is 0 Å². The Morgan fingerprint density at radius 1 is 1.33 bits per heavy atom. The first-order valence-corrected chi connectivity index (χ1v) is 6.13. The molecule has 1 rings (SSSR count). The lowest BCUT2D eigenvalue weighted by Crippen LogP contribution is -2.02. The van der Waals surface area contributed by atoms with Crippen LogP contribution in [0, 0.1) is 5.92 Å². The van der Waals surface area contributed by atoms with Crippen molar-refractivity contribution < 1.29 is 0 Å². The predicted molar refractivity (Wildman–Crippen MR) is 65.7 cm³/mol. The number of nitrogens with zero attached hydrogens (tertiary/aromatic N) is 2. The molecule has 0 fully saturated rings. The van der Waals surface area contributed by atoms with E-state index in [4.69, 9.17) is 11.5 Å². The number of rotatable bonds is 5. The van der Waals surface area contributed by atoms with Crippen LogP contribution in [-0.4, -0.2) is 15.7 Å². The Bertz CT molecular complexity index is 296. The molecule has 1 unspecified atom stereocenters. The molecule has 0 aliphatic carbocycles. The Labute approximate surface area is 94.9 Å². The van der Waals surface area contributed by atoms with Crippen LogP contribution < -0.4 is 11.5 Å². The fraction of sp³-hybridized carbons (Fsp3) is 0.600. The van der Waals surface area contributed by atoms with Crippen LogP contribution >= 0.6 is 11.8 Å². The molecule has 1 atom stereocenters. The summed E-state index contributed by atoms with van der Waals surface area (Å²) in [5, 5.41) is 0.676. The lowest BCUT2D eigenvalue weighted by molar-refractivity contribution is 0.584. The minimum absolute atomic E-state index is 0.438. The van der Waals surface area contributed by atoms with Crippen molar-refractivity contribution in [2.24, 2.45) is 5.92 Å². The minimum Gasteiger partial charge on any atom is -0.383 e. The Kier molecular flexibility index (Phi) is 4.68. The van der Waals surface area contributed by atoms with E-state index < -0.39 is 0 Å². The van der Waals surface area contributed by atoms with Gasteiger partial charge in [-0.15, -0.1) is 0 Å². The van der Waals surface area contributed by atoms with Gasteiger partial charge in [-0.05, 0) is 5.92 Å². The van der Waals surface area contributed by atoms with Gasteiger partial charge in [0.05, 0.1) is 0 Å². The van der Waals surface area contributed by atoms with Crippen molar-refractivity contribution in [2.45, 2.75) is 31.8 Å². The highest BCUT2D eigenvalue weighted by Gasteiger charge is 2.05. The molecular formula is C10H18N4S. The third-order valence-corrected chi connectivity index (χ3v) is 3.20. The number of nitrogen functional groups attached to an aromatic ring is 2. The van der Waals surface area contributed by atoms with Gasteiger partial charge in [0.25, 0.3) is 0 Å². The van der Waals surface area contributed by atoms with Crippen LogP contribution in [0.1, 0.15) is 26.7 Å². The third kappa shape index (κ3) is 4.38. The number of hydrogen-bond donors (Lipinski definition) is 2. The molecule has 0 bridgehead atoms. The van der Waals surface area contributed by atoms with Crippen LogP contribution in [0.15, 0.2) is 11.2 Å². The summed E-state index contributed by atoms with van der Waals surface area (Å²) in [7, 11) is 0. The summed E-state index contributed by atoms with van der Waals surface area (Å²) >= 11 is 1.61. The fourth-order valence-corrected chi connectivity index (χ4v) is 2.26. The highest BCUT2D eigenvalue weighted by Crippen LogP contribution is 2.20. The summed E-state index contributed by atoms with van der Waals surface area (Å²) in [6.07, 6.45) is 2.44. The van der Waals surface area contributed by atoms with Gasteiger partial charge in [-0.3, -0.25) is 0 Å². The Morgan fingerprint density at radius 3 is 2.47 bits per heavy atom. The molecule has 1 aromatic rings. The van der Waals surface area contributed by atoms with Crippen LogP contribution in [0.5, 0.6) is 0 Å². The highest BCUT2D eigenvalue weighted by molar-refractivity contribution is 7.99. The van der Waals surface area contributed by atoms with Crippen molar-refractivity contribution in [1.82, 2.24) is 9.97 Å². The summed E-state index contributed by atoms with van der Waals surface area (Å²) in [5.74, 6) is 2.56. The molecule has 0 amide bonds. The quantitative estimate of drug-likeness (QED) is 0.594. The van der Waals surface area contributed by atoms with Gasteiger partial charge in [-0.1, -0.05) is 38.5 Å². The van der Waals surface area contributed by atoms with E-state index in [2.05, 4.69) is 23.8 Å².